The molecule has 1 aromatic heterocycles. The molecule has 1 aromatic carbocycles. The normalized spacial score (nSPS) is 16.9. The van der Waals surface area contributed by atoms with E-state index < -0.39 is 0 Å². The van der Waals surface area contributed by atoms with Gasteiger partial charge in [0.1, 0.15) is 5.82 Å². The van der Waals surface area contributed by atoms with E-state index in [2.05, 4.69) is 40.0 Å². The summed E-state index contributed by atoms with van der Waals surface area (Å²) in [5.74, 6) is 0.848. The van der Waals surface area contributed by atoms with Crippen molar-refractivity contribution in [3.05, 3.63) is 47.2 Å². The fourth-order valence-electron chi connectivity index (χ4n) is 3.26. The van der Waals surface area contributed by atoms with Gasteiger partial charge in [0.05, 0.1) is 12.2 Å². The highest BCUT2D eigenvalue weighted by molar-refractivity contribution is 5.90. The fourth-order valence-corrected chi connectivity index (χ4v) is 3.26. The largest absolute Gasteiger partial charge is 0.319 e. The van der Waals surface area contributed by atoms with Gasteiger partial charge in [0.2, 0.25) is 5.91 Å². The van der Waals surface area contributed by atoms with Crippen molar-refractivity contribution in [1.82, 2.24) is 15.1 Å². The maximum Gasteiger partial charge on any atom is 0.226 e. The molecule has 5 nitrogen and oxygen atoms in total. The van der Waals surface area contributed by atoms with Crippen LogP contribution in [0.1, 0.15) is 42.0 Å². The zero-order chi connectivity index (χ0) is 16.2. The number of rotatable bonds is 5. The molecule has 122 valence electrons. The monoisotopic (exact) mass is 312 g/mol. The van der Waals surface area contributed by atoms with E-state index in [0.29, 0.717) is 13.0 Å². The van der Waals surface area contributed by atoms with E-state index in [1.807, 2.05) is 24.9 Å². The number of benzene rings is 1. The molecule has 0 radical (unpaired) electrons. The van der Waals surface area contributed by atoms with Crippen LogP contribution in [-0.4, -0.2) is 29.3 Å². The van der Waals surface area contributed by atoms with Crippen LogP contribution in [0.5, 0.6) is 0 Å². The van der Waals surface area contributed by atoms with Gasteiger partial charge in [0.15, 0.2) is 0 Å². The summed E-state index contributed by atoms with van der Waals surface area (Å²) >= 11 is 0. The Morgan fingerprint density at radius 1 is 1.39 bits per heavy atom. The summed E-state index contributed by atoms with van der Waals surface area (Å²) in [5.41, 5.74) is 3.72. The number of hydrogen-bond donors (Lipinski definition) is 2. The first-order chi connectivity index (χ1) is 11.2. The smallest absolute Gasteiger partial charge is 0.226 e. The van der Waals surface area contributed by atoms with Gasteiger partial charge >= 0.3 is 0 Å². The second kappa shape index (κ2) is 6.96. The van der Waals surface area contributed by atoms with Crippen LogP contribution < -0.4 is 10.6 Å². The number of nitrogens with zero attached hydrogens (tertiary/aromatic N) is 2. The number of fused-ring (bicyclic) bond motifs is 1. The molecule has 1 unspecified atom stereocenters. The molecule has 23 heavy (non-hydrogen) atoms. The second-order valence-electron chi connectivity index (χ2n) is 6.13. The number of aryl methyl sites for hydroxylation is 2. The Kier molecular flexibility index (Phi) is 4.76. The third-order valence-corrected chi connectivity index (χ3v) is 4.47. The Morgan fingerprint density at radius 2 is 2.22 bits per heavy atom. The number of anilines is 1. The van der Waals surface area contributed by atoms with Gasteiger partial charge in [-0.2, -0.15) is 5.10 Å². The summed E-state index contributed by atoms with van der Waals surface area (Å²) in [7, 11) is 1.85. The summed E-state index contributed by atoms with van der Waals surface area (Å²) in [6.07, 6.45) is 5.62. The first-order valence-corrected chi connectivity index (χ1v) is 8.27. The van der Waals surface area contributed by atoms with Crippen molar-refractivity contribution in [2.75, 3.05) is 18.9 Å². The standard InChI is InChI=1S/C18H24N4O/c1-13-12-20-22(18(13)21-17(23)10-11-19-2)16-9-5-7-14-6-3-4-8-15(14)16/h3-4,6,8,12,16,19H,5,7,9-11H2,1-2H3,(H,21,23). The number of aromatic nitrogens is 2. The lowest BCUT2D eigenvalue weighted by molar-refractivity contribution is -0.116. The minimum Gasteiger partial charge on any atom is -0.319 e. The summed E-state index contributed by atoms with van der Waals surface area (Å²) in [5, 5.41) is 10.6. The van der Waals surface area contributed by atoms with Crippen LogP contribution in [0.2, 0.25) is 0 Å². The molecule has 1 amide bonds. The van der Waals surface area contributed by atoms with E-state index in [0.717, 1.165) is 30.6 Å². The molecule has 0 bridgehead atoms. The van der Waals surface area contributed by atoms with Crippen LogP contribution in [0.25, 0.3) is 0 Å². The number of carbonyl (C=O) groups is 1. The SMILES string of the molecule is CNCCC(=O)Nc1c(C)cnn1C1CCCc2ccccc21. The van der Waals surface area contributed by atoms with Crippen LogP contribution in [0.15, 0.2) is 30.5 Å². The first kappa shape index (κ1) is 15.7. The number of nitrogens with one attached hydrogen (secondary N) is 2. The molecule has 0 aliphatic heterocycles. The minimum absolute atomic E-state index is 0.0216. The van der Waals surface area contributed by atoms with Crippen LogP contribution >= 0.6 is 0 Å². The third-order valence-electron chi connectivity index (χ3n) is 4.47. The molecular formula is C18H24N4O. The number of amides is 1. The van der Waals surface area contributed by atoms with Crippen LogP contribution in [0.4, 0.5) is 5.82 Å². The van der Waals surface area contributed by atoms with Crippen molar-refractivity contribution in [2.24, 2.45) is 0 Å². The summed E-state index contributed by atoms with van der Waals surface area (Å²) in [4.78, 5) is 12.1. The van der Waals surface area contributed by atoms with Gasteiger partial charge in [0, 0.05) is 18.5 Å². The zero-order valence-corrected chi connectivity index (χ0v) is 13.8. The highest BCUT2D eigenvalue weighted by atomic mass is 16.1. The van der Waals surface area contributed by atoms with Gasteiger partial charge < -0.3 is 10.6 Å². The molecule has 0 saturated carbocycles. The lowest BCUT2D eigenvalue weighted by atomic mass is 9.88. The average molecular weight is 312 g/mol. The van der Waals surface area contributed by atoms with Crippen molar-refractivity contribution < 1.29 is 4.79 Å². The Bertz CT molecular complexity index is 692. The molecule has 0 saturated heterocycles. The van der Waals surface area contributed by atoms with E-state index in [-0.39, 0.29) is 11.9 Å². The van der Waals surface area contributed by atoms with Gasteiger partial charge in [-0.3, -0.25) is 4.79 Å². The number of hydrogen-bond acceptors (Lipinski definition) is 3. The Balaban J connectivity index is 1.89. The van der Waals surface area contributed by atoms with Crippen molar-refractivity contribution in [2.45, 2.75) is 38.6 Å². The second-order valence-corrected chi connectivity index (χ2v) is 6.13. The zero-order valence-electron chi connectivity index (χ0n) is 13.8. The third kappa shape index (κ3) is 3.29. The van der Waals surface area contributed by atoms with E-state index in [1.165, 1.54) is 11.1 Å². The van der Waals surface area contributed by atoms with Gasteiger partial charge in [-0.1, -0.05) is 24.3 Å². The molecule has 2 N–H and O–H groups in total. The predicted molar refractivity (Wildman–Crippen MR) is 91.7 cm³/mol. The van der Waals surface area contributed by atoms with Crippen LogP contribution in [-0.2, 0) is 11.2 Å². The Morgan fingerprint density at radius 3 is 3.04 bits per heavy atom. The van der Waals surface area contributed by atoms with Crippen LogP contribution in [0.3, 0.4) is 0 Å². The highest BCUT2D eigenvalue weighted by Gasteiger charge is 2.25. The summed E-state index contributed by atoms with van der Waals surface area (Å²) in [6.45, 7) is 2.66. The molecule has 1 heterocycles. The Labute approximate surface area is 137 Å². The lowest BCUT2D eigenvalue weighted by Gasteiger charge is -2.27. The topological polar surface area (TPSA) is 59.0 Å². The fraction of sp³-hybridized carbons (Fsp3) is 0.444. The van der Waals surface area contributed by atoms with Gasteiger partial charge in [-0.15, -0.1) is 0 Å². The van der Waals surface area contributed by atoms with Gasteiger partial charge in [-0.25, -0.2) is 4.68 Å². The predicted octanol–water partition coefficient (Wildman–Crippen LogP) is 2.67. The van der Waals surface area contributed by atoms with Crippen LogP contribution in [0, 0.1) is 6.92 Å². The lowest BCUT2D eigenvalue weighted by Crippen LogP contribution is -2.24. The van der Waals surface area contributed by atoms with Crippen molar-refractivity contribution in [3.8, 4) is 0 Å². The molecule has 0 spiro atoms. The summed E-state index contributed by atoms with van der Waals surface area (Å²) < 4.78 is 1.99. The summed E-state index contributed by atoms with van der Waals surface area (Å²) in [6, 6.07) is 8.76. The van der Waals surface area contributed by atoms with E-state index in [4.69, 9.17) is 0 Å². The van der Waals surface area contributed by atoms with Gasteiger partial charge in [-0.05, 0) is 44.4 Å². The number of carbonyl (C=O) groups excluding carboxylic acids is 1. The maximum absolute atomic E-state index is 12.1. The van der Waals surface area contributed by atoms with Crippen molar-refractivity contribution >= 4 is 11.7 Å². The van der Waals surface area contributed by atoms with Crippen molar-refractivity contribution in [1.29, 1.82) is 0 Å². The van der Waals surface area contributed by atoms with E-state index >= 15 is 0 Å². The van der Waals surface area contributed by atoms with Gasteiger partial charge in [0.25, 0.3) is 0 Å². The quantitative estimate of drug-likeness (QED) is 0.892. The van der Waals surface area contributed by atoms with E-state index in [9.17, 15) is 4.79 Å². The maximum atomic E-state index is 12.1. The molecule has 3 rings (SSSR count). The minimum atomic E-state index is 0.0216. The average Bonchev–Trinajstić information content (AvgIpc) is 2.93. The molecule has 1 aliphatic rings. The molecular weight excluding hydrogens is 288 g/mol. The molecule has 1 aliphatic carbocycles. The molecule has 0 fully saturated rings. The Hall–Kier alpha value is -2.14. The molecule has 1 atom stereocenters. The molecule has 5 heteroatoms. The van der Waals surface area contributed by atoms with Crippen molar-refractivity contribution in [3.63, 3.8) is 0 Å². The molecule has 2 aromatic rings. The highest BCUT2D eigenvalue weighted by Crippen LogP contribution is 2.35. The van der Waals surface area contributed by atoms with E-state index in [1.54, 1.807) is 0 Å². The first-order valence-electron chi connectivity index (χ1n) is 8.27.